The minimum atomic E-state index is -0.117. The first kappa shape index (κ1) is 19.7. The van der Waals surface area contributed by atoms with E-state index in [9.17, 15) is 5.11 Å². The van der Waals surface area contributed by atoms with E-state index in [4.69, 9.17) is 4.74 Å². The number of guanidine groups is 1. The molecule has 0 heterocycles. The van der Waals surface area contributed by atoms with Crippen LogP contribution in [0.15, 0.2) is 35.3 Å². The Morgan fingerprint density at radius 1 is 1.16 bits per heavy atom. The zero-order chi connectivity index (χ0) is 17.7. The van der Waals surface area contributed by atoms with Crippen LogP contribution in [0.1, 0.15) is 51.0 Å². The van der Waals surface area contributed by atoms with Crippen molar-refractivity contribution >= 4 is 5.96 Å². The summed E-state index contributed by atoms with van der Waals surface area (Å²) in [4.78, 5) is 4.66. The van der Waals surface area contributed by atoms with Gasteiger partial charge >= 0.3 is 0 Å². The van der Waals surface area contributed by atoms with Gasteiger partial charge in [0.2, 0.25) is 0 Å². The first-order chi connectivity index (χ1) is 12.3. The Bertz CT molecular complexity index is 485. The van der Waals surface area contributed by atoms with Gasteiger partial charge in [0.15, 0.2) is 5.96 Å². The van der Waals surface area contributed by atoms with Crippen LogP contribution >= 0.6 is 0 Å². The van der Waals surface area contributed by atoms with Gasteiger partial charge in [0.05, 0.1) is 12.7 Å². The number of nitrogens with zero attached hydrogens (tertiary/aromatic N) is 1. The van der Waals surface area contributed by atoms with Crippen molar-refractivity contribution in [2.45, 2.75) is 64.2 Å². The first-order valence-electron chi connectivity index (χ1n) is 9.62. The van der Waals surface area contributed by atoms with Crippen molar-refractivity contribution in [2.75, 3.05) is 19.7 Å². The maximum Gasteiger partial charge on any atom is 0.191 e. The maximum atomic E-state index is 9.60. The lowest BCUT2D eigenvalue weighted by Gasteiger charge is -2.27. The maximum absolute atomic E-state index is 9.60. The van der Waals surface area contributed by atoms with Crippen LogP contribution in [0, 0.1) is 0 Å². The van der Waals surface area contributed by atoms with E-state index in [0.29, 0.717) is 12.6 Å². The fraction of sp³-hybridized carbons (Fsp3) is 0.650. The molecule has 0 spiro atoms. The van der Waals surface area contributed by atoms with Crippen LogP contribution in [0.25, 0.3) is 0 Å². The van der Waals surface area contributed by atoms with E-state index in [2.05, 4.69) is 34.7 Å². The number of rotatable bonds is 9. The van der Waals surface area contributed by atoms with Crippen LogP contribution in [0.2, 0.25) is 0 Å². The van der Waals surface area contributed by atoms with Crippen LogP contribution in [0.5, 0.6) is 0 Å². The van der Waals surface area contributed by atoms with E-state index in [0.717, 1.165) is 64.2 Å². The Labute approximate surface area is 151 Å². The summed E-state index contributed by atoms with van der Waals surface area (Å²) in [7, 11) is 0. The van der Waals surface area contributed by atoms with E-state index < -0.39 is 0 Å². The number of ether oxygens (including phenoxy) is 1. The summed E-state index contributed by atoms with van der Waals surface area (Å²) in [6.45, 7) is 5.21. The molecule has 0 unspecified atom stereocenters. The third-order valence-corrected chi connectivity index (χ3v) is 4.46. The second-order valence-corrected chi connectivity index (χ2v) is 6.66. The SMILES string of the molecule is CCNC(=NCCCCOCc1ccccc1)NC1CCC(O)CC1. The minimum absolute atomic E-state index is 0.117. The lowest BCUT2D eigenvalue weighted by molar-refractivity contribution is 0.117. The van der Waals surface area contributed by atoms with Crippen molar-refractivity contribution in [3.63, 3.8) is 0 Å². The van der Waals surface area contributed by atoms with Gasteiger partial charge in [-0.15, -0.1) is 0 Å². The molecule has 140 valence electrons. The average Bonchev–Trinajstić information content (AvgIpc) is 2.64. The number of aliphatic hydroxyl groups excluding tert-OH is 1. The molecule has 0 radical (unpaired) electrons. The van der Waals surface area contributed by atoms with E-state index in [-0.39, 0.29) is 6.10 Å². The molecule has 0 aliphatic heterocycles. The van der Waals surface area contributed by atoms with Crippen molar-refractivity contribution in [3.8, 4) is 0 Å². The Kier molecular flexibility index (Phi) is 9.37. The molecular weight excluding hydrogens is 314 g/mol. The second-order valence-electron chi connectivity index (χ2n) is 6.66. The van der Waals surface area contributed by atoms with Gasteiger partial charge in [0.25, 0.3) is 0 Å². The van der Waals surface area contributed by atoms with Gasteiger partial charge in [-0.25, -0.2) is 0 Å². The Morgan fingerprint density at radius 2 is 1.92 bits per heavy atom. The third kappa shape index (κ3) is 8.36. The number of aliphatic hydroxyl groups is 1. The number of hydrogen-bond acceptors (Lipinski definition) is 3. The molecule has 5 heteroatoms. The fourth-order valence-corrected chi connectivity index (χ4v) is 3.00. The van der Waals surface area contributed by atoms with Crippen molar-refractivity contribution in [1.82, 2.24) is 10.6 Å². The van der Waals surface area contributed by atoms with Crippen LogP contribution < -0.4 is 10.6 Å². The molecule has 0 atom stereocenters. The lowest BCUT2D eigenvalue weighted by atomic mass is 9.93. The summed E-state index contributed by atoms with van der Waals surface area (Å²) in [5, 5.41) is 16.4. The highest BCUT2D eigenvalue weighted by Gasteiger charge is 2.19. The molecule has 5 nitrogen and oxygen atoms in total. The zero-order valence-corrected chi connectivity index (χ0v) is 15.4. The van der Waals surface area contributed by atoms with E-state index in [1.165, 1.54) is 5.56 Å². The number of unbranched alkanes of at least 4 members (excludes halogenated alkanes) is 1. The van der Waals surface area contributed by atoms with Gasteiger partial charge in [-0.3, -0.25) is 4.99 Å². The average molecular weight is 348 g/mol. The number of nitrogens with one attached hydrogen (secondary N) is 2. The third-order valence-electron chi connectivity index (χ3n) is 4.46. The molecule has 1 aromatic carbocycles. The molecule has 1 aliphatic rings. The van der Waals surface area contributed by atoms with Gasteiger partial charge in [0, 0.05) is 25.7 Å². The summed E-state index contributed by atoms with van der Waals surface area (Å²) in [5.74, 6) is 0.897. The van der Waals surface area contributed by atoms with Gasteiger partial charge in [-0.1, -0.05) is 30.3 Å². The topological polar surface area (TPSA) is 65.9 Å². The Hall–Kier alpha value is -1.59. The number of benzene rings is 1. The summed E-state index contributed by atoms with van der Waals surface area (Å²) in [6.07, 6.45) is 5.72. The number of aliphatic imine (C=N–C) groups is 1. The summed E-state index contributed by atoms with van der Waals surface area (Å²) in [6, 6.07) is 10.7. The van der Waals surface area contributed by atoms with Crippen LogP contribution in [-0.4, -0.2) is 42.9 Å². The quantitative estimate of drug-likeness (QED) is 0.365. The van der Waals surface area contributed by atoms with Crippen molar-refractivity contribution in [2.24, 2.45) is 4.99 Å². The van der Waals surface area contributed by atoms with Crippen molar-refractivity contribution in [3.05, 3.63) is 35.9 Å². The molecule has 0 amide bonds. The van der Waals surface area contributed by atoms with E-state index in [1.54, 1.807) is 0 Å². The van der Waals surface area contributed by atoms with Crippen LogP contribution in [-0.2, 0) is 11.3 Å². The molecule has 2 rings (SSSR count). The highest BCUT2D eigenvalue weighted by molar-refractivity contribution is 5.80. The standard InChI is InChI=1S/C20H33N3O2/c1-2-21-20(23-18-10-12-19(24)13-11-18)22-14-6-7-15-25-16-17-8-4-3-5-9-17/h3-5,8-9,18-19,24H,2,6-7,10-16H2,1H3,(H2,21,22,23). The van der Waals surface area contributed by atoms with Crippen molar-refractivity contribution in [1.29, 1.82) is 0 Å². The minimum Gasteiger partial charge on any atom is -0.393 e. The number of hydrogen-bond donors (Lipinski definition) is 3. The van der Waals surface area contributed by atoms with Gasteiger partial charge in [-0.05, 0) is 51.0 Å². The van der Waals surface area contributed by atoms with Gasteiger partial charge < -0.3 is 20.5 Å². The van der Waals surface area contributed by atoms with Crippen LogP contribution in [0.3, 0.4) is 0 Å². The zero-order valence-electron chi connectivity index (χ0n) is 15.4. The molecule has 1 aromatic rings. The molecular formula is C20H33N3O2. The highest BCUT2D eigenvalue weighted by atomic mass is 16.5. The van der Waals surface area contributed by atoms with E-state index >= 15 is 0 Å². The molecule has 0 bridgehead atoms. The predicted molar refractivity (Wildman–Crippen MR) is 103 cm³/mol. The Balaban J connectivity index is 1.58. The predicted octanol–water partition coefficient (Wildman–Crippen LogP) is 2.84. The second kappa shape index (κ2) is 11.9. The van der Waals surface area contributed by atoms with Crippen LogP contribution in [0.4, 0.5) is 0 Å². The highest BCUT2D eigenvalue weighted by Crippen LogP contribution is 2.18. The molecule has 3 N–H and O–H groups in total. The molecule has 25 heavy (non-hydrogen) atoms. The largest absolute Gasteiger partial charge is 0.393 e. The monoisotopic (exact) mass is 347 g/mol. The molecule has 1 aliphatic carbocycles. The summed E-state index contributed by atoms with van der Waals surface area (Å²) in [5.41, 5.74) is 1.22. The van der Waals surface area contributed by atoms with Gasteiger partial charge in [-0.2, -0.15) is 0 Å². The smallest absolute Gasteiger partial charge is 0.191 e. The molecule has 1 fully saturated rings. The first-order valence-corrected chi connectivity index (χ1v) is 9.62. The molecule has 0 saturated heterocycles. The molecule has 1 saturated carbocycles. The van der Waals surface area contributed by atoms with Gasteiger partial charge in [0.1, 0.15) is 0 Å². The normalized spacial score (nSPS) is 21.1. The summed E-state index contributed by atoms with van der Waals surface area (Å²) < 4.78 is 5.70. The Morgan fingerprint density at radius 3 is 2.64 bits per heavy atom. The molecule has 0 aromatic heterocycles. The fourth-order valence-electron chi connectivity index (χ4n) is 3.00. The lowest BCUT2D eigenvalue weighted by Crippen LogP contribution is -2.45. The van der Waals surface area contributed by atoms with Crippen molar-refractivity contribution < 1.29 is 9.84 Å². The van der Waals surface area contributed by atoms with E-state index in [1.807, 2.05) is 18.2 Å². The summed E-state index contributed by atoms with van der Waals surface area (Å²) >= 11 is 0.